The summed E-state index contributed by atoms with van der Waals surface area (Å²) in [7, 11) is 0. The van der Waals surface area contributed by atoms with Gasteiger partial charge in [0.25, 0.3) is 0 Å². The zero-order valence-electron chi connectivity index (χ0n) is 17.4. The normalized spacial score (nSPS) is 21.5. The van der Waals surface area contributed by atoms with E-state index in [-0.39, 0.29) is 37.0 Å². The fraction of sp³-hybridized carbons (Fsp3) is 0.391. The minimum absolute atomic E-state index is 0.117. The van der Waals surface area contributed by atoms with Gasteiger partial charge in [0.1, 0.15) is 12.3 Å². The number of aromatic nitrogens is 2. The number of furan rings is 1. The molecule has 1 aromatic carbocycles. The van der Waals surface area contributed by atoms with Gasteiger partial charge >= 0.3 is 6.03 Å². The topological polar surface area (TPSA) is 92.7 Å². The van der Waals surface area contributed by atoms with Crippen LogP contribution in [0.25, 0.3) is 11.4 Å². The molecule has 8 nitrogen and oxygen atoms in total. The molecule has 0 spiro atoms. The van der Waals surface area contributed by atoms with Crippen LogP contribution in [-0.2, 0) is 17.9 Å². The third-order valence-corrected chi connectivity index (χ3v) is 6.24. The Balaban J connectivity index is 1.42. The first-order chi connectivity index (χ1) is 15.1. The summed E-state index contributed by atoms with van der Waals surface area (Å²) in [5.41, 5.74) is 1.94. The standard InChI is InChI=1S/C23H24N4O4/c1-15-7-2-3-9-17(15)21-24-20(31-25-21)14-26-19-11-5-4-10-18(19)22(28)27(23(26)29)13-16-8-6-12-30-16/h2-3,6-9,12,18-19H,4-5,10-11,13-14H2,1H3. The number of nitrogens with zero attached hydrogens (tertiary/aromatic N) is 4. The number of carbonyl (C=O) groups is 2. The van der Waals surface area contributed by atoms with E-state index in [1.165, 1.54) is 4.90 Å². The number of benzene rings is 1. The van der Waals surface area contributed by atoms with Crippen molar-refractivity contribution in [2.75, 3.05) is 0 Å². The molecule has 1 saturated carbocycles. The van der Waals surface area contributed by atoms with E-state index >= 15 is 0 Å². The van der Waals surface area contributed by atoms with Gasteiger partial charge in [-0.15, -0.1) is 0 Å². The van der Waals surface area contributed by atoms with Crippen molar-refractivity contribution in [2.24, 2.45) is 5.92 Å². The van der Waals surface area contributed by atoms with Gasteiger partial charge < -0.3 is 13.8 Å². The zero-order chi connectivity index (χ0) is 21.4. The van der Waals surface area contributed by atoms with Crippen molar-refractivity contribution in [2.45, 2.75) is 51.7 Å². The fourth-order valence-electron chi connectivity index (χ4n) is 4.65. The quantitative estimate of drug-likeness (QED) is 0.615. The number of rotatable bonds is 5. The van der Waals surface area contributed by atoms with E-state index in [1.54, 1.807) is 23.3 Å². The number of hydrogen-bond acceptors (Lipinski definition) is 6. The number of hydrogen-bond donors (Lipinski definition) is 0. The summed E-state index contributed by atoms with van der Waals surface area (Å²) >= 11 is 0. The zero-order valence-corrected chi connectivity index (χ0v) is 17.4. The van der Waals surface area contributed by atoms with Crippen molar-refractivity contribution in [3.05, 3.63) is 59.9 Å². The third kappa shape index (κ3) is 3.62. The predicted octanol–water partition coefficient (Wildman–Crippen LogP) is 4.16. The highest BCUT2D eigenvalue weighted by Crippen LogP contribution is 2.36. The predicted molar refractivity (Wildman–Crippen MR) is 110 cm³/mol. The van der Waals surface area contributed by atoms with E-state index in [1.807, 2.05) is 31.2 Å². The number of aryl methyl sites for hydroxylation is 1. The molecule has 1 aliphatic carbocycles. The molecule has 3 heterocycles. The van der Waals surface area contributed by atoms with Crippen LogP contribution in [-0.4, -0.2) is 37.9 Å². The molecule has 3 aromatic rings. The van der Waals surface area contributed by atoms with Crippen LogP contribution < -0.4 is 0 Å². The molecule has 160 valence electrons. The van der Waals surface area contributed by atoms with Crippen molar-refractivity contribution >= 4 is 11.9 Å². The number of fused-ring (bicyclic) bond motifs is 1. The van der Waals surface area contributed by atoms with E-state index in [0.29, 0.717) is 17.5 Å². The average molecular weight is 420 g/mol. The van der Waals surface area contributed by atoms with Crippen LogP contribution in [0.4, 0.5) is 4.79 Å². The molecule has 2 aliphatic rings. The lowest BCUT2D eigenvalue weighted by Gasteiger charge is -2.46. The van der Waals surface area contributed by atoms with E-state index in [2.05, 4.69) is 10.1 Å². The van der Waals surface area contributed by atoms with E-state index in [4.69, 9.17) is 8.94 Å². The second-order valence-corrected chi connectivity index (χ2v) is 8.20. The summed E-state index contributed by atoms with van der Waals surface area (Å²) < 4.78 is 10.9. The van der Waals surface area contributed by atoms with Crippen LogP contribution in [0.3, 0.4) is 0 Å². The summed E-state index contributed by atoms with van der Waals surface area (Å²) in [6.45, 7) is 2.30. The Kier molecular flexibility index (Phi) is 5.05. The molecule has 0 N–H and O–H groups in total. The van der Waals surface area contributed by atoms with E-state index in [0.717, 1.165) is 36.8 Å². The summed E-state index contributed by atoms with van der Waals surface area (Å²) in [5, 5.41) is 4.12. The average Bonchev–Trinajstić information content (AvgIpc) is 3.47. The minimum Gasteiger partial charge on any atom is -0.467 e. The molecule has 2 atom stereocenters. The Morgan fingerprint density at radius 1 is 1.06 bits per heavy atom. The molecule has 5 rings (SSSR count). The lowest BCUT2D eigenvalue weighted by atomic mass is 9.81. The molecule has 8 heteroatoms. The highest BCUT2D eigenvalue weighted by molar-refractivity contribution is 5.98. The van der Waals surface area contributed by atoms with Gasteiger partial charge in [-0.1, -0.05) is 42.3 Å². The Hall–Kier alpha value is -3.42. The van der Waals surface area contributed by atoms with E-state index in [9.17, 15) is 9.59 Å². The summed E-state index contributed by atoms with van der Waals surface area (Å²) in [5.74, 6) is 1.12. The van der Waals surface area contributed by atoms with Crippen molar-refractivity contribution in [3.8, 4) is 11.4 Å². The van der Waals surface area contributed by atoms with Crippen LogP contribution in [0.15, 0.2) is 51.6 Å². The van der Waals surface area contributed by atoms with Crippen molar-refractivity contribution in [1.29, 1.82) is 0 Å². The number of urea groups is 1. The molecule has 1 saturated heterocycles. The minimum atomic E-state index is -0.333. The lowest BCUT2D eigenvalue weighted by Crippen LogP contribution is -2.61. The van der Waals surface area contributed by atoms with Gasteiger partial charge in [0, 0.05) is 11.6 Å². The van der Waals surface area contributed by atoms with Crippen LogP contribution in [0.5, 0.6) is 0 Å². The molecule has 31 heavy (non-hydrogen) atoms. The highest BCUT2D eigenvalue weighted by Gasteiger charge is 2.47. The van der Waals surface area contributed by atoms with Crippen LogP contribution in [0.2, 0.25) is 0 Å². The van der Waals surface area contributed by atoms with Crippen LogP contribution in [0.1, 0.15) is 42.9 Å². The highest BCUT2D eigenvalue weighted by atomic mass is 16.5. The first-order valence-electron chi connectivity index (χ1n) is 10.6. The third-order valence-electron chi connectivity index (χ3n) is 6.24. The van der Waals surface area contributed by atoms with Gasteiger partial charge in [-0.25, -0.2) is 4.79 Å². The van der Waals surface area contributed by atoms with Gasteiger partial charge in [0.2, 0.25) is 17.6 Å². The molecule has 2 aromatic heterocycles. The maximum Gasteiger partial charge on any atom is 0.327 e. The second kappa shape index (κ2) is 8.02. The molecule has 2 unspecified atom stereocenters. The second-order valence-electron chi connectivity index (χ2n) is 8.20. The summed E-state index contributed by atoms with van der Waals surface area (Å²) in [6, 6.07) is 10.9. The largest absolute Gasteiger partial charge is 0.467 e. The summed E-state index contributed by atoms with van der Waals surface area (Å²) in [6.07, 6.45) is 5.10. The number of imide groups is 1. The first-order valence-corrected chi connectivity index (χ1v) is 10.6. The maximum atomic E-state index is 13.4. The SMILES string of the molecule is Cc1ccccc1-c1noc(CN2C(=O)N(Cc3ccco3)C(=O)C3CCCCC32)n1. The van der Waals surface area contributed by atoms with Crippen LogP contribution in [0, 0.1) is 12.8 Å². The van der Waals surface area contributed by atoms with Gasteiger partial charge in [-0.3, -0.25) is 9.69 Å². The van der Waals surface area contributed by atoms with Crippen molar-refractivity contribution in [3.63, 3.8) is 0 Å². The van der Waals surface area contributed by atoms with Gasteiger partial charge in [0.15, 0.2) is 0 Å². The van der Waals surface area contributed by atoms with Gasteiger partial charge in [-0.2, -0.15) is 4.98 Å². The molecule has 1 aliphatic heterocycles. The van der Waals surface area contributed by atoms with Gasteiger partial charge in [0.05, 0.1) is 18.7 Å². The Labute approximate surface area is 179 Å². The van der Waals surface area contributed by atoms with E-state index < -0.39 is 0 Å². The lowest BCUT2D eigenvalue weighted by molar-refractivity contribution is -0.141. The first kappa shape index (κ1) is 19.5. The maximum absolute atomic E-state index is 13.4. The molecular weight excluding hydrogens is 396 g/mol. The Morgan fingerprint density at radius 3 is 2.71 bits per heavy atom. The molecule has 3 amide bonds. The number of amides is 3. The molecular formula is C23H24N4O4. The van der Waals surface area contributed by atoms with Crippen molar-refractivity contribution < 1.29 is 18.5 Å². The molecule has 0 bridgehead atoms. The smallest absolute Gasteiger partial charge is 0.327 e. The summed E-state index contributed by atoms with van der Waals surface area (Å²) in [4.78, 5) is 34.0. The van der Waals surface area contributed by atoms with Crippen LogP contribution >= 0.6 is 0 Å². The monoisotopic (exact) mass is 420 g/mol. The molecule has 0 radical (unpaired) electrons. The Morgan fingerprint density at radius 2 is 1.90 bits per heavy atom. The Bertz CT molecular complexity index is 1090. The number of carbonyl (C=O) groups excluding carboxylic acids is 2. The fourth-order valence-corrected chi connectivity index (χ4v) is 4.65. The van der Waals surface area contributed by atoms with Gasteiger partial charge in [-0.05, 0) is 37.5 Å². The van der Waals surface area contributed by atoms with Crippen molar-refractivity contribution in [1.82, 2.24) is 19.9 Å². The molecule has 2 fully saturated rings.